The summed E-state index contributed by atoms with van der Waals surface area (Å²) >= 11 is 1.76. The summed E-state index contributed by atoms with van der Waals surface area (Å²) in [7, 11) is 0. The molecule has 3 nitrogen and oxygen atoms in total. The first kappa shape index (κ1) is 16.7. The summed E-state index contributed by atoms with van der Waals surface area (Å²) in [4.78, 5) is 19.5. The number of imidazole rings is 1. The molecule has 24 heavy (non-hydrogen) atoms. The molecule has 0 unspecified atom stereocenters. The van der Waals surface area contributed by atoms with Crippen molar-refractivity contribution in [2.45, 2.75) is 38.5 Å². The number of carbonyl (C=O) groups excluding carboxylic acids is 1. The number of hydrogen-bond donors (Lipinski definition) is 1. The highest BCUT2D eigenvalue weighted by Gasteiger charge is 2.05. The van der Waals surface area contributed by atoms with Crippen molar-refractivity contribution in [3.63, 3.8) is 0 Å². The Labute approximate surface area is 146 Å². The minimum atomic E-state index is 0.687. The lowest BCUT2D eigenvalue weighted by Crippen LogP contribution is -1.89. The number of benzene rings is 1. The molecule has 0 fully saturated rings. The molecule has 0 atom stereocenters. The smallest absolute Gasteiger partial charge is 0.119 e. The van der Waals surface area contributed by atoms with Gasteiger partial charge in [0.2, 0.25) is 0 Å². The van der Waals surface area contributed by atoms with E-state index in [0.717, 1.165) is 49.9 Å². The normalized spacial score (nSPS) is 10.8. The summed E-state index contributed by atoms with van der Waals surface area (Å²) in [6.07, 6.45) is 8.97. The van der Waals surface area contributed by atoms with Crippen LogP contribution in [0.3, 0.4) is 0 Å². The molecule has 0 saturated heterocycles. The SMILES string of the molecule is O=CCCCCCCc1ncc(-c2ccc(-c3cccs3)cc2)[nH]1. The molecule has 0 aliphatic carbocycles. The van der Waals surface area contributed by atoms with Crippen LogP contribution in [0.25, 0.3) is 21.7 Å². The zero-order valence-electron chi connectivity index (χ0n) is 13.7. The number of thiophene rings is 1. The lowest BCUT2D eigenvalue weighted by Gasteiger charge is -2.01. The maximum absolute atomic E-state index is 10.3. The molecule has 4 heteroatoms. The van der Waals surface area contributed by atoms with Crippen molar-refractivity contribution in [1.29, 1.82) is 0 Å². The summed E-state index contributed by atoms with van der Waals surface area (Å²) < 4.78 is 0. The Morgan fingerprint density at radius 1 is 1.00 bits per heavy atom. The Morgan fingerprint density at radius 2 is 1.79 bits per heavy atom. The summed E-state index contributed by atoms with van der Waals surface area (Å²) in [5.74, 6) is 1.04. The fourth-order valence-corrected chi connectivity index (χ4v) is 3.50. The average Bonchev–Trinajstić information content (AvgIpc) is 3.30. The Kier molecular flexibility index (Phi) is 5.96. The monoisotopic (exact) mass is 338 g/mol. The zero-order valence-corrected chi connectivity index (χ0v) is 14.5. The van der Waals surface area contributed by atoms with E-state index in [4.69, 9.17) is 0 Å². The number of carbonyl (C=O) groups is 1. The van der Waals surface area contributed by atoms with Crippen molar-refractivity contribution in [3.8, 4) is 21.7 Å². The molecule has 0 aliphatic heterocycles. The molecule has 3 rings (SSSR count). The van der Waals surface area contributed by atoms with Crippen LogP contribution in [0.15, 0.2) is 48.0 Å². The van der Waals surface area contributed by atoms with Crippen molar-refractivity contribution < 1.29 is 4.79 Å². The molecule has 0 radical (unpaired) electrons. The number of rotatable bonds is 9. The second-order valence-corrected chi connectivity index (χ2v) is 6.87. The lowest BCUT2D eigenvalue weighted by atomic mass is 10.1. The fraction of sp³-hybridized carbons (Fsp3) is 0.300. The van der Waals surface area contributed by atoms with Crippen LogP contribution in [0.1, 0.15) is 37.9 Å². The van der Waals surface area contributed by atoms with Crippen molar-refractivity contribution >= 4 is 17.6 Å². The predicted octanol–water partition coefficient (Wildman–Crippen LogP) is 5.50. The topological polar surface area (TPSA) is 45.8 Å². The molecule has 2 aromatic heterocycles. The van der Waals surface area contributed by atoms with Gasteiger partial charge in [0.1, 0.15) is 12.1 Å². The molecule has 1 aromatic carbocycles. The third-order valence-corrected chi connectivity index (χ3v) is 5.03. The van der Waals surface area contributed by atoms with E-state index in [1.165, 1.54) is 16.0 Å². The van der Waals surface area contributed by atoms with Crippen LogP contribution in [-0.4, -0.2) is 16.3 Å². The van der Waals surface area contributed by atoms with E-state index in [1.54, 1.807) is 11.3 Å². The van der Waals surface area contributed by atoms with Gasteiger partial charge in [-0.2, -0.15) is 0 Å². The molecule has 0 aliphatic rings. The Morgan fingerprint density at radius 3 is 2.54 bits per heavy atom. The van der Waals surface area contributed by atoms with E-state index in [1.807, 2.05) is 6.20 Å². The van der Waals surface area contributed by atoms with Gasteiger partial charge in [0.25, 0.3) is 0 Å². The first-order valence-electron chi connectivity index (χ1n) is 8.48. The molecule has 0 amide bonds. The average molecular weight is 338 g/mol. The third kappa shape index (κ3) is 4.42. The van der Waals surface area contributed by atoms with Gasteiger partial charge in [-0.05, 0) is 35.4 Å². The predicted molar refractivity (Wildman–Crippen MR) is 100 cm³/mol. The molecular formula is C20H22N2OS. The highest BCUT2D eigenvalue weighted by Crippen LogP contribution is 2.27. The van der Waals surface area contributed by atoms with E-state index in [0.29, 0.717) is 6.42 Å². The molecule has 1 N–H and O–H groups in total. The van der Waals surface area contributed by atoms with Gasteiger partial charge < -0.3 is 9.78 Å². The Balaban J connectivity index is 1.54. The molecule has 3 aromatic rings. The summed E-state index contributed by atoms with van der Waals surface area (Å²) in [6.45, 7) is 0. The third-order valence-electron chi connectivity index (χ3n) is 4.12. The molecule has 0 saturated carbocycles. The maximum Gasteiger partial charge on any atom is 0.119 e. The van der Waals surface area contributed by atoms with Crippen LogP contribution in [0.2, 0.25) is 0 Å². The van der Waals surface area contributed by atoms with E-state index in [9.17, 15) is 4.79 Å². The second kappa shape index (κ2) is 8.60. The molecule has 2 heterocycles. The first-order chi connectivity index (χ1) is 11.9. The zero-order chi connectivity index (χ0) is 16.6. The van der Waals surface area contributed by atoms with Crippen LogP contribution >= 0.6 is 11.3 Å². The van der Waals surface area contributed by atoms with Gasteiger partial charge in [-0.25, -0.2) is 4.98 Å². The molecule has 0 bridgehead atoms. The molecule has 0 spiro atoms. The van der Waals surface area contributed by atoms with E-state index < -0.39 is 0 Å². The highest BCUT2D eigenvalue weighted by molar-refractivity contribution is 7.13. The van der Waals surface area contributed by atoms with Crippen LogP contribution in [0.5, 0.6) is 0 Å². The van der Waals surface area contributed by atoms with Crippen molar-refractivity contribution in [3.05, 3.63) is 53.8 Å². The minimum absolute atomic E-state index is 0.687. The van der Waals surface area contributed by atoms with Crippen LogP contribution < -0.4 is 0 Å². The minimum Gasteiger partial charge on any atom is -0.342 e. The fourth-order valence-electron chi connectivity index (χ4n) is 2.77. The van der Waals surface area contributed by atoms with Crippen LogP contribution in [-0.2, 0) is 11.2 Å². The number of aromatic nitrogens is 2. The van der Waals surface area contributed by atoms with E-state index >= 15 is 0 Å². The lowest BCUT2D eigenvalue weighted by molar-refractivity contribution is -0.107. The number of H-pyrrole nitrogens is 1. The Hall–Kier alpha value is -2.20. The van der Waals surface area contributed by atoms with Gasteiger partial charge in [0, 0.05) is 17.7 Å². The quantitative estimate of drug-likeness (QED) is 0.414. The van der Waals surface area contributed by atoms with Crippen LogP contribution in [0, 0.1) is 0 Å². The van der Waals surface area contributed by atoms with Crippen molar-refractivity contribution in [1.82, 2.24) is 9.97 Å². The van der Waals surface area contributed by atoms with Gasteiger partial charge in [-0.1, -0.05) is 43.2 Å². The number of aryl methyl sites for hydroxylation is 1. The largest absolute Gasteiger partial charge is 0.342 e. The van der Waals surface area contributed by atoms with Gasteiger partial charge >= 0.3 is 0 Å². The number of aromatic amines is 1. The van der Waals surface area contributed by atoms with Crippen LogP contribution in [0.4, 0.5) is 0 Å². The molecular weight excluding hydrogens is 316 g/mol. The number of hydrogen-bond acceptors (Lipinski definition) is 3. The number of nitrogens with zero attached hydrogens (tertiary/aromatic N) is 1. The summed E-state index contributed by atoms with van der Waals surface area (Å²) in [5.41, 5.74) is 3.49. The number of aldehydes is 1. The Bertz CT molecular complexity index is 744. The summed E-state index contributed by atoms with van der Waals surface area (Å²) in [5, 5.41) is 2.10. The number of unbranched alkanes of at least 4 members (excludes halogenated alkanes) is 4. The molecule has 124 valence electrons. The van der Waals surface area contributed by atoms with E-state index in [-0.39, 0.29) is 0 Å². The summed E-state index contributed by atoms with van der Waals surface area (Å²) in [6, 6.07) is 12.8. The van der Waals surface area contributed by atoms with E-state index in [2.05, 4.69) is 51.7 Å². The second-order valence-electron chi connectivity index (χ2n) is 5.92. The highest BCUT2D eigenvalue weighted by atomic mass is 32.1. The van der Waals surface area contributed by atoms with Crippen molar-refractivity contribution in [2.24, 2.45) is 0 Å². The first-order valence-corrected chi connectivity index (χ1v) is 9.36. The van der Waals surface area contributed by atoms with Gasteiger partial charge in [-0.3, -0.25) is 0 Å². The maximum atomic E-state index is 10.3. The van der Waals surface area contributed by atoms with Gasteiger partial charge in [0.05, 0.1) is 11.9 Å². The van der Waals surface area contributed by atoms with Gasteiger partial charge in [-0.15, -0.1) is 11.3 Å². The number of nitrogens with one attached hydrogen (secondary N) is 1. The van der Waals surface area contributed by atoms with Gasteiger partial charge in [0.15, 0.2) is 0 Å². The standard InChI is InChI=1S/C20H22N2OS/c23-13-5-3-1-2-4-8-20-21-15-18(22-20)16-9-11-17(12-10-16)19-7-6-14-24-19/h6-7,9-15H,1-5,8H2,(H,21,22). The van der Waals surface area contributed by atoms with Crippen molar-refractivity contribution in [2.75, 3.05) is 0 Å².